The first kappa shape index (κ1) is 15.3. The van der Waals surface area contributed by atoms with Crippen molar-refractivity contribution < 1.29 is 13.5 Å². The zero-order valence-electron chi connectivity index (χ0n) is 11.0. The van der Waals surface area contributed by atoms with Gasteiger partial charge in [-0.3, -0.25) is 4.68 Å². The first-order chi connectivity index (χ1) is 10.1. The van der Waals surface area contributed by atoms with Gasteiger partial charge in [0.25, 0.3) is 6.43 Å². The van der Waals surface area contributed by atoms with E-state index in [0.29, 0.717) is 19.6 Å². The minimum absolute atomic E-state index is 0.0625. The molecular formula is C14H12ClF2N3O. The number of para-hydroxylation sites is 1. The number of nitrogens with zero attached hydrogens (tertiary/aromatic N) is 3. The Hall–Kier alpha value is -2.13. The Balaban J connectivity index is 1.93. The summed E-state index contributed by atoms with van der Waals surface area (Å²) in [5, 5.41) is 12.5. The first-order valence-corrected chi connectivity index (χ1v) is 6.63. The van der Waals surface area contributed by atoms with E-state index in [1.807, 2.05) is 30.3 Å². The fourth-order valence-electron chi connectivity index (χ4n) is 1.78. The van der Waals surface area contributed by atoms with E-state index < -0.39 is 12.1 Å². The third-order valence-corrected chi connectivity index (χ3v) is 3.15. The van der Waals surface area contributed by atoms with Gasteiger partial charge < -0.3 is 4.74 Å². The maximum absolute atomic E-state index is 12.7. The number of rotatable bonds is 6. The summed E-state index contributed by atoms with van der Waals surface area (Å²) < 4.78 is 32.1. The summed E-state index contributed by atoms with van der Waals surface area (Å²) in [6.07, 6.45) is -2.29. The highest BCUT2D eigenvalue weighted by Crippen LogP contribution is 2.27. The van der Waals surface area contributed by atoms with Crippen LogP contribution in [0.15, 0.2) is 30.3 Å². The highest BCUT2D eigenvalue weighted by Gasteiger charge is 2.22. The summed E-state index contributed by atoms with van der Waals surface area (Å²) in [6.45, 7) is 0.694. The molecule has 1 aromatic heterocycles. The lowest BCUT2D eigenvalue weighted by atomic mass is 10.3. The lowest BCUT2D eigenvalue weighted by Gasteiger charge is -2.06. The summed E-state index contributed by atoms with van der Waals surface area (Å²) in [5.41, 5.74) is -0.845. The van der Waals surface area contributed by atoms with Crippen LogP contribution in [0.1, 0.15) is 24.1 Å². The molecule has 0 atom stereocenters. The van der Waals surface area contributed by atoms with Crippen LogP contribution in [0.3, 0.4) is 0 Å². The van der Waals surface area contributed by atoms with Crippen LogP contribution in [0.4, 0.5) is 8.78 Å². The van der Waals surface area contributed by atoms with E-state index in [1.165, 1.54) is 4.68 Å². The molecular weight excluding hydrogens is 300 g/mol. The van der Waals surface area contributed by atoms with Crippen molar-refractivity contribution in [1.82, 2.24) is 9.78 Å². The molecule has 0 unspecified atom stereocenters. The molecule has 0 aliphatic heterocycles. The molecule has 7 heteroatoms. The van der Waals surface area contributed by atoms with Gasteiger partial charge in [0.1, 0.15) is 28.2 Å². The molecule has 0 aliphatic rings. The fourth-order valence-corrected chi connectivity index (χ4v) is 2.05. The van der Waals surface area contributed by atoms with Crippen molar-refractivity contribution in [2.75, 3.05) is 6.61 Å². The second-order valence-electron chi connectivity index (χ2n) is 4.20. The molecule has 0 fully saturated rings. The molecule has 0 bridgehead atoms. The molecule has 0 amide bonds. The predicted octanol–water partition coefficient (Wildman–Crippen LogP) is 3.81. The lowest BCUT2D eigenvalue weighted by Crippen LogP contribution is -2.06. The van der Waals surface area contributed by atoms with E-state index in [-0.39, 0.29) is 10.7 Å². The van der Waals surface area contributed by atoms with Crippen molar-refractivity contribution in [2.45, 2.75) is 19.4 Å². The van der Waals surface area contributed by atoms with E-state index in [0.717, 1.165) is 5.75 Å². The molecule has 0 saturated carbocycles. The summed E-state index contributed by atoms with van der Waals surface area (Å²) in [6, 6.07) is 10.9. The quantitative estimate of drug-likeness (QED) is 0.762. The maximum Gasteiger partial charge on any atom is 0.283 e. The number of alkyl halides is 2. The molecule has 0 N–H and O–H groups in total. The Bertz CT molecular complexity index is 638. The van der Waals surface area contributed by atoms with Gasteiger partial charge in [0.15, 0.2) is 0 Å². The van der Waals surface area contributed by atoms with Gasteiger partial charge in [0.2, 0.25) is 0 Å². The van der Waals surface area contributed by atoms with Crippen molar-refractivity contribution in [3.63, 3.8) is 0 Å². The molecule has 0 aliphatic carbocycles. The average Bonchev–Trinajstić information content (AvgIpc) is 2.81. The van der Waals surface area contributed by atoms with Crippen molar-refractivity contribution in [1.29, 1.82) is 5.26 Å². The van der Waals surface area contributed by atoms with Crippen LogP contribution in [0.2, 0.25) is 5.15 Å². The highest BCUT2D eigenvalue weighted by atomic mass is 35.5. The molecule has 1 aromatic carbocycles. The van der Waals surface area contributed by atoms with Crippen molar-refractivity contribution >= 4 is 11.6 Å². The van der Waals surface area contributed by atoms with Gasteiger partial charge in [-0.1, -0.05) is 29.8 Å². The molecule has 1 heterocycles. The molecule has 0 spiro atoms. The summed E-state index contributed by atoms with van der Waals surface area (Å²) in [7, 11) is 0. The summed E-state index contributed by atoms with van der Waals surface area (Å²) in [4.78, 5) is 0. The molecule has 4 nitrogen and oxygen atoms in total. The molecule has 2 rings (SSSR count). The number of aromatic nitrogens is 2. The Morgan fingerprint density at radius 3 is 2.62 bits per heavy atom. The van der Waals surface area contributed by atoms with Gasteiger partial charge in [0, 0.05) is 13.0 Å². The minimum atomic E-state index is -2.82. The standard InChI is InChI=1S/C14H12ClF2N3O/c15-13-11(9-18)12(14(16)17)19-20(13)7-4-8-21-10-5-2-1-3-6-10/h1-3,5-6,14H,4,7-8H2. The smallest absolute Gasteiger partial charge is 0.283 e. The SMILES string of the molecule is N#Cc1c(C(F)F)nn(CCCOc2ccccc2)c1Cl. The van der Waals surface area contributed by atoms with E-state index in [9.17, 15) is 8.78 Å². The van der Waals surface area contributed by atoms with E-state index in [4.69, 9.17) is 21.6 Å². The zero-order chi connectivity index (χ0) is 15.2. The van der Waals surface area contributed by atoms with Crippen LogP contribution in [0, 0.1) is 11.3 Å². The Labute approximate surface area is 125 Å². The number of aryl methyl sites for hydroxylation is 1. The predicted molar refractivity (Wildman–Crippen MR) is 73.5 cm³/mol. The highest BCUT2D eigenvalue weighted by molar-refractivity contribution is 6.30. The van der Waals surface area contributed by atoms with Gasteiger partial charge >= 0.3 is 0 Å². The van der Waals surface area contributed by atoms with Crippen LogP contribution in [-0.2, 0) is 6.54 Å². The molecule has 0 saturated heterocycles. The molecule has 0 radical (unpaired) electrons. The number of benzene rings is 1. The second kappa shape index (κ2) is 7.04. The second-order valence-corrected chi connectivity index (χ2v) is 4.56. The van der Waals surface area contributed by atoms with Crippen LogP contribution >= 0.6 is 11.6 Å². The Kier molecular flexibility index (Phi) is 5.12. The fraction of sp³-hybridized carbons (Fsp3) is 0.286. The third-order valence-electron chi connectivity index (χ3n) is 2.76. The van der Waals surface area contributed by atoms with Crippen molar-refractivity contribution in [3.05, 3.63) is 46.7 Å². The van der Waals surface area contributed by atoms with Crippen LogP contribution in [0.5, 0.6) is 5.75 Å². The monoisotopic (exact) mass is 311 g/mol. The Morgan fingerprint density at radius 1 is 1.33 bits per heavy atom. The first-order valence-electron chi connectivity index (χ1n) is 6.25. The average molecular weight is 312 g/mol. The number of hydrogen-bond acceptors (Lipinski definition) is 3. The normalized spacial score (nSPS) is 10.6. The molecule has 110 valence electrons. The summed E-state index contributed by atoms with van der Waals surface area (Å²) >= 11 is 5.87. The van der Waals surface area contributed by atoms with Crippen molar-refractivity contribution in [3.8, 4) is 11.8 Å². The largest absolute Gasteiger partial charge is 0.494 e. The van der Waals surface area contributed by atoms with E-state index >= 15 is 0 Å². The van der Waals surface area contributed by atoms with Gasteiger partial charge in [-0.15, -0.1) is 0 Å². The number of nitriles is 1. The maximum atomic E-state index is 12.7. The molecule has 2 aromatic rings. The minimum Gasteiger partial charge on any atom is -0.494 e. The third kappa shape index (κ3) is 3.70. The zero-order valence-corrected chi connectivity index (χ0v) is 11.7. The van der Waals surface area contributed by atoms with Gasteiger partial charge in [-0.2, -0.15) is 10.4 Å². The van der Waals surface area contributed by atoms with Crippen LogP contribution in [0.25, 0.3) is 0 Å². The molecule has 21 heavy (non-hydrogen) atoms. The van der Waals surface area contributed by atoms with Gasteiger partial charge in [-0.05, 0) is 12.1 Å². The van der Waals surface area contributed by atoms with Crippen molar-refractivity contribution in [2.24, 2.45) is 0 Å². The van der Waals surface area contributed by atoms with E-state index in [2.05, 4.69) is 5.10 Å². The Morgan fingerprint density at radius 2 is 2.05 bits per heavy atom. The number of hydrogen-bond donors (Lipinski definition) is 0. The topological polar surface area (TPSA) is 50.8 Å². The summed E-state index contributed by atoms with van der Waals surface area (Å²) in [5.74, 6) is 0.732. The van der Waals surface area contributed by atoms with Crippen LogP contribution in [-0.4, -0.2) is 16.4 Å². The lowest BCUT2D eigenvalue weighted by molar-refractivity contribution is 0.144. The van der Waals surface area contributed by atoms with E-state index in [1.54, 1.807) is 6.07 Å². The number of halogens is 3. The number of ether oxygens (including phenoxy) is 1. The van der Waals surface area contributed by atoms with Crippen LogP contribution < -0.4 is 4.74 Å². The van der Waals surface area contributed by atoms with Gasteiger partial charge in [-0.25, -0.2) is 8.78 Å². The van der Waals surface area contributed by atoms with Gasteiger partial charge in [0.05, 0.1) is 6.61 Å².